The van der Waals surface area contributed by atoms with Gasteiger partial charge in [0.05, 0.1) is 0 Å². The molecule has 0 aromatic heterocycles. The Labute approximate surface area is 130 Å². The molecule has 3 rings (SSSR count). The molecule has 0 radical (unpaired) electrons. The van der Waals surface area contributed by atoms with E-state index in [4.69, 9.17) is 11.6 Å². The van der Waals surface area contributed by atoms with Gasteiger partial charge in [-0.25, -0.2) is 0 Å². The maximum Gasteiger partial charge on any atom is 0.0406 e. The average Bonchev–Trinajstić information content (AvgIpc) is 2.49. The van der Waals surface area contributed by atoms with Crippen LogP contribution in [0, 0.1) is 0 Å². The highest BCUT2D eigenvalue weighted by atomic mass is 35.5. The van der Waals surface area contributed by atoms with Gasteiger partial charge in [0.25, 0.3) is 0 Å². The first-order valence-electron chi connectivity index (χ1n) is 7.20. The summed E-state index contributed by atoms with van der Waals surface area (Å²) in [5.74, 6) is 0. The van der Waals surface area contributed by atoms with Gasteiger partial charge in [0.1, 0.15) is 0 Å². The van der Waals surface area contributed by atoms with Gasteiger partial charge in [-0.3, -0.25) is 0 Å². The molecule has 1 N–H and O–H groups in total. The summed E-state index contributed by atoms with van der Waals surface area (Å²) in [6.45, 7) is 2.20. The van der Waals surface area contributed by atoms with Crippen molar-refractivity contribution in [1.82, 2.24) is 0 Å². The fourth-order valence-corrected chi connectivity index (χ4v) is 2.71. The number of hydrogen-bond acceptors (Lipinski definition) is 1. The second-order valence-electron chi connectivity index (χ2n) is 5.44. The predicted molar refractivity (Wildman–Crippen MR) is 92.2 cm³/mol. The Morgan fingerprint density at radius 1 is 0.905 bits per heavy atom. The van der Waals surface area contributed by atoms with Gasteiger partial charge in [-0.05, 0) is 53.9 Å². The van der Waals surface area contributed by atoms with Gasteiger partial charge in [0, 0.05) is 16.8 Å². The van der Waals surface area contributed by atoms with Crippen molar-refractivity contribution < 1.29 is 0 Å². The van der Waals surface area contributed by atoms with E-state index in [1.54, 1.807) is 0 Å². The first kappa shape index (κ1) is 14.0. The molecular formula is C19H18ClN. The van der Waals surface area contributed by atoms with Crippen LogP contribution in [0.4, 0.5) is 5.69 Å². The molecule has 21 heavy (non-hydrogen) atoms. The van der Waals surface area contributed by atoms with Crippen molar-refractivity contribution in [2.75, 3.05) is 5.32 Å². The number of hydrogen-bond donors (Lipinski definition) is 1. The molecule has 3 aromatic carbocycles. The lowest BCUT2D eigenvalue weighted by molar-refractivity contribution is 0.790. The van der Waals surface area contributed by atoms with Gasteiger partial charge in [-0.1, -0.05) is 54.1 Å². The molecule has 3 aromatic rings. The SMILES string of the molecule is CC(Cc1ccc(Cl)cc1)Nc1ccc2ccccc2c1. The molecule has 1 nitrogen and oxygen atoms in total. The minimum Gasteiger partial charge on any atom is -0.382 e. The lowest BCUT2D eigenvalue weighted by Crippen LogP contribution is -2.17. The molecular weight excluding hydrogens is 278 g/mol. The van der Waals surface area contributed by atoms with Crippen molar-refractivity contribution in [3.05, 3.63) is 77.3 Å². The first-order valence-corrected chi connectivity index (χ1v) is 7.58. The highest BCUT2D eigenvalue weighted by molar-refractivity contribution is 6.30. The monoisotopic (exact) mass is 295 g/mol. The zero-order valence-electron chi connectivity index (χ0n) is 12.0. The second kappa shape index (κ2) is 6.19. The zero-order chi connectivity index (χ0) is 14.7. The van der Waals surface area contributed by atoms with Crippen molar-refractivity contribution in [1.29, 1.82) is 0 Å². The molecule has 0 spiro atoms. The summed E-state index contributed by atoms with van der Waals surface area (Å²) in [6.07, 6.45) is 0.976. The van der Waals surface area contributed by atoms with Crippen LogP contribution in [-0.2, 0) is 6.42 Å². The van der Waals surface area contributed by atoms with E-state index in [0.717, 1.165) is 17.1 Å². The highest BCUT2D eigenvalue weighted by Crippen LogP contribution is 2.20. The molecule has 0 heterocycles. The molecule has 1 unspecified atom stereocenters. The molecule has 106 valence electrons. The van der Waals surface area contributed by atoms with Crippen LogP contribution in [0.25, 0.3) is 10.8 Å². The molecule has 1 atom stereocenters. The number of halogens is 1. The van der Waals surface area contributed by atoms with Gasteiger partial charge < -0.3 is 5.32 Å². The Bertz CT molecular complexity index is 734. The summed E-state index contributed by atoms with van der Waals surface area (Å²) in [5, 5.41) is 6.89. The third-order valence-corrected chi connectivity index (χ3v) is 3.87. The normalized spacial score (nSPS) is 12.3. The van der Waals surface area contributed by atoms with Gasteiger partial charge in [-0.2, -0.15) is 0 Å². The smallest absolute Gasteiger partial charge is 0.0406 e. The number of nitrogens with one attached hydrogen (secondary N) is 1. The molecule has 0 saturated carbocycles. The summed E-state index contributed by atoms with van der Waals surface area (Å²) >= 11 is 5.92. The van der Waals surface area contributed by atoms with E-state index in [9.17, 15) is 0 Å². The first-order chi connectivity index (χ1) is 10.2. The topological polar surface area (TPSA) is 12.0 Å². The zero-order valence-corrected chi connectivity index (χ0v) is 12.8. The lowest BCUT2D eigenvalue weighted by atomic mass is 10.1. The van der Waals surface area contributed by atoms with Crippen LogP contribution in [0.3, 0.4) is 0 Å². The fourth-order valence-electron chi connectivity index (χ4n) is 2.59. The second-order valence-corrected chi connectivity index (χ2v) is 5.87. The molecule has 0 fully saturated rings. The standard InChI is InChI=1S/C19H18ClN/c1-14(12-15-6-9-18(20)10-7-15)21-19-11-8-16-4-2-3-5-17(16)13-19/h2-11,13-14,21H,12H2,1H3. The molecule has 0 bridgehead atoms. The largest absolute Gasteiger partial charge is 0.382 e. The van der Waals surface area contributed by atoms with Gasteiger partial charge >= 0.3 is 0 Å². The maximum atomic E-state index is 5.92. The highest BCUT2D eigenvalue weighted by Gasteiger charge is 2.04. The maximum absolute atomic E-state index is 5.92. The Hall–Kier alpha value is -1.99. The Morgan fingerprint density at radius 3 is 2.38 bits per heavy atom. The number of fused-ring (bicyclic) bond motifs is 1. The van der Waals surface area contributed by atoms with E-state index in [1.807, 2.05) is 12.1 Å². The van der Waals surface area contributed by atoms with Crippen molar-refractivity contribution >= 4 is 28.1 Å². The fraction of sp³-hybridized carbons (Fsp3) is 0.158. The Balaban J connectivity index is 1.70. The van der Waals surface area contributed by atoms with Gasteiger partial charge in [0.2, 0.25) is 0 Å². The summed E-state index contributed by atoms with van der Waals surface area (Å²) < 4.78 is 0. The summed E-state index contributed by atoms with van der Waals surface area (Å²) in [6, 6.07) is 23.3. The summed E-state index contributed by atoms with van der Waals surface area (Å²) in [7, 11) is 0. The number of benzene rings is 3. The van der Waals surface area contributed by atoms with E-state index in [-0.39, 0.29) is 0 Å². The van der Waals surface area contributed by atoms with E-state index >= 15 is 0 Å². The van der Waals surface area contributed by atoms with E-state index in [0.29, 0.717) is 6.04 Å². The Morgan fingerprint density at radius 2 is 1.62 bits per heavy atom. The van der Waals surface area contributed by atoms with Crippen LogP contribution in [-0.4, -0.2) is 6.04 Å². The number of rotatable bonds is 4. The van der Waals surface area contributed by atoms with Crippen LogP contribution < -0.4 is 5.32 Å². The van der Waals surface area contributed by atoms with Crippen LogP contribution >= 0.6 is 11.6 Å². The lowest BCUT2D eigenvalue weighted by Gasteiger charge is -2.16. The average molecular weight is 296 g/mol. The molecule has 2 heteroatoms. The third-order valence-electron chi connectivity index (χ3n) is 3.62. The van der Waals surface area contributed by atoms with Gasteiger partial charge in [-0.15, -0.1) is 0 Å². The molecule has 0 aliphatic carbocycles. The van der Waals surface area contributed by atoms with Crippen LogP contribution in [0.1, 0.15) is 12.5 Å². The van der Waals surface area contributed by atoms with Crippen LogP contribution in [0.2, 0.25) is 5.02 Å². The van der Waals surface area contributed by atoms with Crippen LogP contribution in [0.5, 0.6) is 0 Å². The van der Waals surface area contributed by atoms with Gasteiger partial charge in [0.15, 0.2) is 0 Å². The minimum absolute atomic E-state index is 0.368. The molecule has 0 amide bonds. The predicted octanol–water partition coefficient (Wildman–Crippen LogP) is 5.54. The van der Waals surface area contributed by atoms with Crippen LogP contribution in [0.15, 0.2) is 66.7 Å². The van der Waals surface area contributed by atoms with Crippen molar-refractivity contribution in [3.8, 4) is 0 Å². The Kier molecular flexibility index (Phi) is 4.12. The van der Waals surface area contributed by atoms with Crippen molar-refractivity contribution in [2.45, 2.75) is 19.4 Å². The van der Waals surface area contributed by atoms with E-state index < -0.39 is 0 Å². The third kappa shape index (κ3) is 3.56. The van der Waals surface area contributed by atoms with Crippen molar-refractivity contribution in [3.63, 3.8) is 0 Å². The molecule has 0 saturated heterocycles. The van der Waals surface area contributed by atoms with E-state index in [1.165, 1.54) is 16.3 Å². The van der Waals surface area contributed by atoms with E-state index in [2.05, 4.69) is 66.8 Å². The molecule has 0 aliphatic rings. The number of anilines is 1. The summed E-state index contributed by atoms with van der Waals surface area (Å²) in [4.78, 5) is 0. The summed E-state index contributed by atoms with van der Waals surface area (Å²) in [5.41, 5.74) is 2.45. The molecule has 0 aliphatic heterocycles. The quantitative estimate of drug-likeness (QED) is 0.666. The van der Waals surface area contributed by atoms with Crippen molar-refractivity contribution in [2.24, 2.45) is 0 Å². The minimum atomic E-state index is 0.368.